The number of aryl methyl sites for hydroxylation is 1. The second-order valence-electron chi connectivity index (χ2n) is 5.66. The van der Waals surface area contributed by atoms with Crippen LogP contribution in [0.4, 0.5) is 10.1 Å². The van der Waals surface area contributed by atoms with Crippen molar-refractivity contribution in [3.8, 4) is 0 Å². The van der Waals surface area contributed by atoms with Gasteiger partial charge in [-0.1, -0.05) is 6.07 Å². The number of nitrogens with one attached hydrogen (secondary N) is 2. The van der Waals surface area contributed by atoms with Gasteiger partial charge in [-0.2, -0.15) is 0 Å². The molecule has 0 saturated carbocycles. The van der Waals surface area contributed by atoms with E-state index in [2.05, 4.69) is 20.7 Å². The van der Waals surface area contributed by atoms with E-state index >= 15 is 0 Å². The highest BCUT2D eigenvalue weighted by molar-refractivity contribution is 6.19. The summed E-state index contributed by atoms with van der Waals surface area (Å²) < 4.78 is 19.3. The van der Waals surface area contributed by atoms with E-state index in [1.807, 2.05) is 0 Å². The minimum atomic E-state index is -1.12. The first-order chi connectivity index (χ1) is 11.5. The standard InChI is InChI=1S/C16H19FN4O3/c1-10-2-3-13(12(17)8-10)18-15-11(16(22)23)9-14(19-20-15)21-4-6-24-7-5-21/h2-3,8-9,14,19H,4-7H2,1H3,(H,18,20)(H,22,23). The van der Waals surface area contributed by atoms with Crippen molar-refractivity contribution in [3.63, 3.8) is 0 Å². The fourth-order valence-corrected chi connectivity index (χ4v) is 2.62. The molecule has 1 fully saturated rings. The number of carboxylic acids is 1. The summed E-state index contributed by atoms with van der Waals surface area (Å²) in [5.41, 5.74) is 6.65. The molecule has 1 aromatic carbocycles. The summed E-state index contributed by atoms with van der Waals surface area (Å²) in [6, 6.07) is 4.60. The summed E-state index contributed by atoms with van der Waals surface area (Å²) in [5, 5.41) is 9.46. The number of hydrazine groups is 1. The molecule has 24 heavy (non-hydrogen) atoms. The van der Waals surface area contributed by atoms with Crippen molar-refractivity contribution in [3.05, 3.63) is 41.2 Å². The molecule has 0 amide bonds. The van der Waals surface area contributed by atoms with E-state index in [0.717, 1.165) is 5.56 Å². The molecule has 0 aromatic heterocycles. The Balaban J connectivity index is 1.88. The Hall–Kier alpha value is -2.29. The van der Waals surface area contributed by atoms with Crippen LogP contribution in [-0.2, 0) is 9.53 Å². The smallest absolute Gasteiger partial charge is 0.339 e. The van der Waals surface area contributed by atoms with Gasteiger partial charge in [0.1, 0.15) is 17.1 Å². The first kappa shape index (κ1) is 16.6. The van der Waals surface area contributed by atoms with Crippen LogP contribution >= 0.6 is 0 Å². The molecular formula is C16H19FN4O3. The normalized spacial score (nSPS) is 23.7. The highest BCUT2D eigenvalue weighted by atomic mass is 19.1. The summed E-state index contributed by atoms with van der Waals surface area (Å²) in [4.78, 5) is 17.7. The summed E-state index contributed by atoms with van der Waals surface area (Å²) in [7, 11) is 0. The third kappa shape index (κ3) is 3.61. The zero-order valence-corrected chi connectivity index (χ0v) is 13.3. The van der Waals surface area contributed by atoms with Gasteiger partial charge in [-0.3, -0.25) is 4.90 Å². The number of nitrogens with zero attached hydrogens (tertiary/aromatic N) is 2. The summed E-state index contributed by atoms with van der Waals surface area (Å²) in [6.07, 6.45) is 1.29. The molecule has 1 atom stereocenters. The predicted octanol–water partition coefficient (Wildman–Crippen LogP) is 0.941. The average molecular weight is 334 g/mol. The number of ether oxygens (including phenoxy) is 1. The first-order valence-corrected chi connectivity index (χ1v) is 7.68. The van der Waals surface area contributed by atoms with E-state index < -0.39 is 11.8 Å². The average Bonchev–Trinajstić information content (AvgIpc) is 2.58. The first-order valence-electron chi connectivity index (χ1n) is 7.68. The van der Waals surface area contributed by atoms with Crippen molar-refractivity contribution >= 4 is 17.5 Å². The van der Waals surface area contributed by atoms with Gasteiger partial charge in [0.05, 0.1) is 19.4 Å². The van der Waals surface area contributed by atoms with Gasteiger partial charge < -0.3 is 15.3 Å². The number of carboxylic acid groups (broad SMARTS) is 1. The maximum absolute atomic E-state index is 14.0. The van der Waals surface area contributed by atoms with E-state index in [4.69, 9.17) is 4.74 Å². The molecule has 2 aliphatic heterocycles. The Kier molecular flexibility index (Phi) is 4.89. The molecule has 0 aliphatic carbocycles. The minimum absolute atomic E-state index is 0.00483. The highest BCUT2D eigenvalue weighted by Gasteiger charge is 2.28. The van der Waals surface area contributed by atoms with Crippen molar-refractivity contribution < 1.29 is 19.0 Å². The molecule has 0 spiro atoms. The number of hydrogen-bond donors (Lipinski definition) is 3. The van der Waals surface area contributed by atoms with Crippen molar-refractivity contribution in [1.82, 2.24) is 15.8 Å². The van der Waals surface area contributed by atoms with Crippen molar-refractivity contribution in [2.24, 2.45) is 4.99 Å². The van der Waals surface area contributed by atoms with Crippen LogP contribution in [0.1, 0.15) is 5.56 Å². The van der Waals surface area contributed by atoms with Crippen LogP contribution in [-0.4, -0.2) is 54.3 Å². The largest absolute Gasteiger partial charge is 0.478 e. The Morgan fingerprint density at radius 2 is 2.17 bits per heavy atom. The predicted molar refractivity (Wildman–Crippen MR) is 86.4 cm³/mol. The quantitative estimate of drug-likeness (QED) is 0.763. The molecule has 3 N–H and O–H groups in total. The molecule has 8 heteroatoms. The zero-order valence-electron chi connectivity index (χ0n) is 13.3. The lowest BCUT2D eigenvalue weighted by molar-refractivity contribution is -0.132. The van der Waals surface area contributed by atoms with Gasteiger partial charge in [-0.15, -0.1) is 0 Å². The van der Waals surface area contributed by atoms with Gasteiger partial charge in [-0.25, -0.2) is 19.6 Å². The molecule has 0 bridgehead atoms. The van der Waals surface area contributed by atoms with Gasteiger partial charge in [0, 0.05) is 13.1 Å². The number of hydrogen-bond acceptors (Lipinski definition) is 5. The second kappa shape index (κ2) is 7.08. The van der Waals surface area contributed by atoms with Crippen molar-refractivity contribution in [2.45, 2.75) is 13.1 Å². The molecule has 2 heterocycles. The van der Waals surface area contributed by atoms with E-state index in [1.54, 1.807) is 19.1 Å². The highest BCUT2D eigenvalue weighted by Crippen LogP contribution is 2.20. The van der Waals surface area contributed by atoms with Crippen LogP contribution in [0.5, 0.6) is 0 Å². The van der Waals surface area contributed by atoms with E-state index in [1.165, 1.54) is 12.1 Å². The molecule has 7 nitrogen and oxygen atoms in total. The number of aliphatic carboxylic acids is 1. The monoisotopic (exact) mass is 334 g/mol. The van der Waals surface area contributed by atoms with Gasteiger partial charge in [0.15, 0.2) is 5.84 Å². The van der Waals surface area contributed by atoms with Crippen LogP contribution in [0.3, 0.4) is 0 Å². The molecule has 0 radical (unpaired) electrons. The Bertz CT molecular complexity index is 699. The number of carbonyl (C=O) groups is 1. The number of rotatable bonds is 3. The number of aliphatic imine (C=N–C) groups is 1. The van der Waals surface area contributed by atoms with Crippen LogP contribution in [0.25, 0.3) is 0 Å². The van der Waals surface area contributed by atoms with E-state index in [9.17, 15) is 14.3 Å². The van der Waals surface area contributed by atoms with Crippen molar-refractivity contribution in [2.75, 3.05) is 26.3 Å². The molecule has 1 unspecified atom stereocenters. The van der Waals surface area contributed by atoms with Crippen LogP contribution in [0.15, 0.2) is 34.8 Å². The fourth-order valence-electron chi connectivity index (χ4n) is 2.62. The Morgan fingerprint density at radius 3 is 2.83 bits per heavy atom. The third-order valence-corrected chi connectivity index (χ3v) is 3.92. The number of amidine groups is 1. The Morgan fingerprint density at radius 1 is 1.42 bits per heavy atom. The zero-order chi connectivity index (χ0) is 17.1. The maximum Gasteiger partial charge on any atom is 0.339 e. The number of morpholine rings is 1. The molecule has 3 rings (SSSR count). The second-order valence-corrected chi connectivity index (χ2v) is 5.66. The molecule has 1 saturated heterocycles. The maximum atomic E-state index is 14.0. The molecule has 128 valence electrons. The van der Waals surface area contributed by atoms with E-state index in [0.29, 0.717) is 26.3 Å². The summed E-state index contributed by atoms with van der Waals surface area (Å²) in [6.45, 7) is 4.37. The van der Waals surface area contributed by atoms with Crippen molar-refractivity contribution in [1.29, 1.82) is 0 Å². The number of halogens is 1. The molecule has 2 aliphatic rings. The lowest BCUT2D eigenvalue weighted by Gasteiger charge is -2.36. The van der Waals surface area contributed by atoms with Gasteiger partial charge in [0.25, 0.3) is 0 Å². The topological polar surface area (TPSA) is 86.2 Å². The lowest BCUT2D eigenvalue weighted by atomic mass is 10.1. The van der Waals surface area contributed by atoms with E-state index in [-0.39, 0.29) is 23.3 Å². The van der Waals surface area contributed by atoms with Gasteiger partial charge in [0.2, 0.25) is 0 Å². The van der Waals surface area contributed by atoms with Gasteiger partial charge in [-0.05, 0) is 30.7 Å². The van der Waals surface area contributed by atoms with Crippen LogP contribution in [0, 0.1) is 12.7 Å². The number of benzene rings is 1. The summed E-state index contributed by atoms with van der Waals surface area (Å²) >= 11 is 0. The third-order valence-electron chi connectivity index (χ3n) is 3.92. The van der Waals surface area contributed by atoms with Crippen LogP contribution in [0.2, 0.25) is 0 Å². The Labute approximate surface area is 138 Å². The van der Waals surface area contributed by atoms with Gasteiger partial charge >= 0.3 is 5.97 Å². The van der Waals surface area contributed by atoms with Crippen LogP contribution < -0.4 is 10.9 Å². The summed E-state index contributed by atoms with van der Waals surface area (Å²) in [5.74, 6) is -1.53. The SMILES string of the molecule is Cc1ccc(N=C2NNC(N3CCOCC3)C=C2C(=O)O)c(F)c1. The molecular weight excluding hydrogens is 315 g/mol. The lowest BCUT2D eigenvalue weighted by Crippen LogP contribution is -2.58. The molecule has 1 aromatic rings. The minimum Gasteiger partial charge on any atom is -0.478 e. The fraction of sp³-hybridized carbons (Fsp3) is 0.375.